The number of aryl methyl sites for hydroxylation is 3. The highest BCUT2D eigenvalue weighted by molar-refractivity contribution is 7.80. The highest BCUT2D eigenvalue weighted by Crippen LogP contribution is 2.22. The van der Waals surface area contributed by atoms with Crippen molar-refractivity contribution in [3.05, 3.63) is 64.5 Å². The van der Waals surface area contributed by atoms with Crippen molar-refractivity contribution in [3.63, 3.8) is 0 Å². The van der Waals surface area contributed by atoms with Gasteiger partial charge < -0.3 is 10.3 Å². The molecular weight excluding hydrogens is 290 g/mol. The van der Waals surface area contributed by atoms with Gasteiger partial charge in [0.05, 0.1) is 11.0 Å². The van der Waals surface area contributed by atoms with Gasteiger partial charge in [0.15, 0.2) is 0 Å². The predicted molar refractivity (Wildman–Crippen MR) is 95.4 cm³/mol. The molecule has 0 atom stereocenters. The monoisotopic (exact) mass is 309 g/mol. The minimum Gasteiger partial charge on any atom is -0.389 e. The number of aromatic nitrogens is 2. The lowest BCUT2D eigenvalue weighted by molar-refractivity contribution is 0.785. The van der Waals surface area contributed by atoms with Crippen LogP contribution >= 0.6 is 12.2 Å². The van der Waals surface area contributed by atoms with E-state index < -0.39 is 0 Å². The second kappa shape index (κ2) is 5.54. The average molecular weight is 309 g/mol. The molecule has 3 nitrogen and oxygen atoms in total. The van der Waals surface area contributed by atoms with Crippen molar-refractivity contribution in [2.45, 2.75) is 27.3 Å². The van der Waals surface area contributed by atoms with Crippen LogP contribution in [0.15, 0.2) is 36.4 Å². The average Bonchev–Trinajstić information content (AvgIpc) is 2.76. The molecule has 1 aromatic heterocycles. The molecule has 0 radical (unpaired) electrons. The molecule has 0 amide bonds. The SMILES string of the molecule is Cc1cc2nc(C)n(Cc3cccc(C(N)=S)c3)c2cc1C. The lowest BCUT2D eigenvalue weighted by Gasteiger charge is -2.09. The molecule has 2 N–H and O–H groups in total. The molecule has 3 aromatic rings. The van der Waals surface area contributed by atoms with Gasteiger partial charge in [0, 0.05) is 12.1 Å². The Morgan fingerprint density at radius 2 is 1.86 bits per heavy atom. The minimum atomic E-state index is 0.431. The molecule has 112 valence electrons. The van der Waals surface area contributed by atoms with Gasteiger partial charge in [-0.15, -0.1) is 0 Å². The molecule has 1 heterocycles. The third-order valence-corrected chi connectivity index (χ3v) is 4.34. The summed E-state index contributed by atoms with van der Waals surface area (Å²) in [5, 5.41) is 0. The summed E-state index contributed by atoms with van der Waals surface area (Å²) < 4.78 is 2.24. The topological polar surface area (TPSA) is 43.8 Å². The van der Waals surface area contributed by atoms with Gasteiger partial charge in [-0.25, -0.2) is 4.98 Å². The highest BCUT2D eigenvalue weighted by Gasteiger charge is 2.10. The fraction of sp³-hybridized carbons (Fsp3) is 0.222. The molecule has 0 fully saturated rings. The molecule has 0 aliphatic heterocycles. The first-order valence-electron chi connectivity index (χ1n) is 7.28. The zero-order valence-corrected chi connectivity index (χ0v) is 13.9. The number of benzene rings is 2. The van der Waals surface area contributed by atoms with Gasteiger partial charge in [-0.1, -0.05) is 30.4 Å². The van der Waals surface area contributed by atoms with Gasteiger partial charge in [0.1, 0.15) is 10.8 Å². The van der Waals surface area contributed by atoms with E-state index in [1.165, 1.54) is 22.2 Å². The van der Waals surface area contributed by atoms with E-state index in [2.05, 4.69) is 47.7 Å². The van der Waals surface area contributed by atoms with Crippen LogP contribution in [0.3, 0.4) is 0 Å². The zero-order valence-electron chi connectivity index (χ0n) is 13.1. The molecule has 2 aromatic carbocycles. The first-order chi connectivity index (χ1) is 10.5. The zero-order chi connectivity index (χ0) is 15.9. The maximum Gasteiger partial charge on any atom is 0.107 e. The maximum atomic E-state index is 5.73. The number of fused-ring (bicyclic) bond motifs is 1. The summed E-state index contributed by atoms with van der Waals surface area (Å²) in [5.74, 6) is 1.01. The van der Waals surface area contributed by atoms with E-state index >= 15 is 0 Å². The van der Waals surface area contributed by atoms with E-state index in [9.17, 15) is 0 Å². The maximum absolute atomic E-state index is 5.73. The van der Waals surface area contributed by atoms with Gasteiger partial charge in [0.25, 0.3) is 0 Å². The summed E-state index contributed by atoms with van der Waals surface area (Å²) >= 11 is 5.06. The van der Waals surface area contributed by atoms with Crippen molar-refractivity contribution in [2.24, 2.45) is 5.73 Å². The van der Waals surface area contributed by atoms with Crippen molar-refractivity contribution < 1.29 is 0 Å². The predicted octanol–water partition coefficient (Wildman–Crippen LogP) is 3.64. The van der Waals surface area contributed by atoms with Gasteiger partial charge in [-0.3, -0.25) is 0 Å². The Labute approximate surface area is 135 Å². The van der Waals surface area contributed by atoms with Crippen molar-refractivity contribution in [2.75, 3.05) is 0 Å². The fourth-order valence-corrected chi connectivity index (χ4v) is 2.83. The number of nitrogens with zero attached hydrogens (tertiary/aromatic N) is 2. The molecule has 4 heteroatoms. The van der Waals surface area contributed by atoms with Gasteiger partial charge in [-0.2, -0.15) is 0 Å². The van der Waals surface area contributed by atoms with Crippen LogP contribution in [-0.2, 0) is 6.54 Å². The van der Waals surface area contributed by atoms with Crippen molar-refractivity contribution in [1.29, 1.82) is 0 Å². The fourth-order valence-electron chi connectivity index (χ4n) is 2.71. The van der Waals surface area contributed by atoms with E-state index in [1.54, 1.807) is 0 Å². The van der Waals surface area contributed by atoms with Crippen molar-refractivity contribution >= 4 is 28.2 Å². The second-order valence-corrected chi connectivity index (χ2v) is 6.17. The van der Waals surface area contributed by atoms with Crippen LogP contribution in [0.1, 0.15) is 28.1 Å². The Morgan fingerprint density at radius 1 is 1.14 bits per heavy atom. The standard InChI is InChI=1S/C18H19N3S/c1-11-7-16-17(8-12(11)2)21(13(3)20-16)10-14-5-4-6-15(9-14)18(19)22/h4-9H,10H2,1-3H3,(H2,19,22). The van der Waals surface area contributed by atoms with Crippen LogP contribution in [-0.4, -0.2) is 14.5 Å². The Kier molecular flexibility index (Phi) is 3.71. The minimum absolute atomic E-state index is 0.431. The number of hydrogen-bond donors (Lipinski definition) is 1. The van der Waals surface area contributed by atoms with Crippen LogP contribution in [0.2, 0.25) is 0 Å². The summed E-state index contributed by atoms with van der Waals surface area (Å²) in [6.45, 7) is 7.06. The van der Waals surface area contributed by atoms with Gasteiger partial charge >= 0.3 is 0 Å². The van der Waals surface area contributed by atoms with Crippen LogP contribution < -0.4 is 5.73 Å². The Morgan fingerprint density at radius 3 is 2.59 bits per heavy atom. The van der Waals surface area contributed by atoms with Gasteiger partial charge in [-0.05, 0) is 55.7 Å². The molecule has 0 saturated carbocycles. The summed E-state index contributed by atoms with van der Waals surface area (Å²) in [6, 6.07) is 12.4. The van der Waals surface area contributed by atoms with E-state index in [-0.39, 0.29) is 0 Å². The Hall–Kier alpha value is -2.20. The molecule has 22 heavy (non-hydrogen) atoms. The molecule has 0 bridgehead atoms. The normalized spacial score (nSPS) is 11.0. The van der Waals surface area contributed by atoms with Crippen LogP contribution in [0, 0.1) is 20.8 Å². The van der Waals surface area contributed by atoms with Crippen LogP contribution in [0.25, 0.3) is 11.0 Å². The van der Waals surface area contributed by atoms with Crippen LogP contribution in [0.4, 0.5) is 0 Å². The number of hydrogen-bond acceptors (Lipinski definition) is 2. The highest BCUT2D eigenvalue weighted by atomic mass is 32.1. The number of nitrogens with two attached hydrogens (primary N) is 1. The number of rotatable bonds is 3. The summed E-state index contributed by atoms with van der Waals surface area (Å²) in [5.41, 5.74) is 12.6. The number of imidazole rings is 1. The lowest BCUT2D eigenvalue weighted by Crippen LogP contribution is -2.10. The molecule has 0 saturated heterocycles. The molecule has 0 unspecified atom stereocenters. The molecule has 0 spiro atoms. The lowest BCUT2D eigenvalue weighted by atomic mass is 10.1. The molecule has 3 rings (SSSR count). The van der Waals surface area contributed by atoms with Crippen molar-refractivity contribution in [3.8, 4) is 0 Å². The summed E-state index contributed by atoms with van der Waals surface area (Å²) in [6.07, 6.45) is 0. The summed E-state index contributed by atoms with van der Waals surface area (Å²) in [4.78, 5) is 5.11. The Balaban J connectivity index is 2.07. The quantitative estimate of drug-likeness (QED) is 0.751. The largest absolute Gasteiger partial charge is 0.389 e. The third-order valence-electron chi connectivity index (χ3n) is 4.11. The van der Waals surface area contributed by atoms with Crippen LogP contribution in [0.5, 0.6) is 0 Å². The second-order valence-electron chi connectivity index (χ2n) is 5.73. The Bertz CT molecular complexity index is 877. The smallest absolute Gasteiger partial charge is 0.107 e. The van der Waals surface area contributed by atoms with E-state index in [4.69, 9.17) is 18.0 Å². The first-order valence-corrected chi connectivity index (χ1v) is 7.69. The number of thiocarbonyl (C=S) groups is 1. The third kappa shape index (κ3) is 2.62. The molecule has 0 aliphatic carbocycles. The molecule has 0 aliphatic rings. The van der Waals surface area contributed by atoms with E-state index in [0.717, 1.165) is 23.4 Å². The molecular formula is C18H19N3S. The summed E-state index contributed by atoms with van der Waals surface area (Å²) in [7, 11) is 0. The van der Waals surface area contributed by atoms with Gasteiger partial charge in [0.2, 0.25) is 0 Å². The van der Waals surface area contributed by atoms with E-state index in [1.807, 2.05) is 19.1 Å². The van der Waals surface area contributed by atoms with E-state index in [0.29, 0.717) is 4.99 Å². The first kappa shape index (κ1) is 14.7. The van der Waals surface area contributed by atoms with Crippen molar-refractivity contribution in [1.82, 2.24) is 9.55 Å².